The standard InChI is InChI=1S/C16H12BrN3S/c17-14-8-4-5-12(9-14)11-21-16-18-10-15(19-20-16)13-6-2-1-3-7-13/h1-10H,11H2. The van der Waals surface area contributed by atoms with E-state index in [1.807, 2.05) is 42.5 Å². The number of benzene rings is 2. The first-order valence-electron chi connectivity index (χ1n) is 6.44. The van der Waals surface area contributed by atoms with Gasteiger partial charge >= 0.3 is 0 Å². The Kier molecular flexibility index (Phi) is 4.62. The van der Waals surface area contributed by atoms with Gasteiger partial charge < -0.3 is 0 Å². The second-order valence-corrected chi connectivity index (χ2v) is 6.27. The van der Waals surface area contributed by atoms with Crippen LogP contribution in [0.2, 0.25) is 0 Å². The molecule has 0 spiro atoms. The van der Waals surface area contributed by atoms with Crippen molar-refractivity contribution in [3.63, 3.8) is 0 Å². The molecule has 0 fully saturated rings. The molecule has 0 atom stereocenters. The highest BCUT2D eigenvalue weighted by Gasteiger charge is 2.03. The normalized spacial score (nSPS) is 10.5. The molecule has 3 rings (SSSR count). The van der Waals surface area contributed by atoms with E-state index in [4.69, 9.17) is 0 Å². The molecule has 0 aliphatic carbocycles. The molecule has 0 radical (unpaired) electrons. The third kappa shape index (κ3) is 3.89. The summed E-state index contributed by atoms with van der Waals surface area (Å²) in [5.41, 5.74) is 3.05. The highest BCUT2D eigenvalue weighted by molar-refractivity contribution is 9.10. The van der Waals surface area contributed by atoms with Crippen LogP contribution in [0.4, 0.5) is 0 Å². The number of nitrogens with zero attached hydrogens (tertiary/aromatic N) is 3. The fourth-order valence-electron chi connectivity index (χ4n) is 1.85. The van der Waals surface area contributed by atoms with Crippen LogP contribution in [0.25, 0.3) is 11.3 Å². The Morgan fingerprint density at radius 1 is 0.952 bits per heavy atom. The lowest BCUT2D eigenvalue weighted by molar-refractivity contribution is 0.844. The van der Waals surface area contributed by atoms with Crippen LogP contribution >= 0.6 is 27.7 Å². The Bertz CT molecular complexity index is 717. The number of hydrogen-bond acceptors (Lipinski definition) is 4. The van der Waals surface area contributed by atoms with E-state index in [-0.39, 0.29) is 0 Å². The number of hydrogen-bond donors (Lipinski definition) is 0. The van der Waals surface area contributed by atoms with E-state index in [1.54, 1.807) is 18.0 Å². The minimum absolute atomic E-state index is 0.689. The number of halogens is 1. The van der Waals surface area contributed by atoms with E-state index in [2.05, 4.69) is 43.2 Å². The van der Waals surface area contributed by atoms with Gasteiger partial charge in [0.25, 0.3) is 0 Å². The summed E-state index contributed by atoms with van der Waals surface area (Å²) in [5.74, 6) is 0.825. The zero-order chi connectivity index (χ0) is 14.5. The average molecular weight is 358 g/mol. The minimum Gasteiger partial charge on any atom is -0.227 e. The molecule has 3 aromatic rings. The lowest BCUT2D eigenvalue weighted by Crippen LogP contribution is -1.93. The smallest absolute Gasteiger partial charge is 0.209 e. The van der Waals surface area contributed by atoms with Crippen LogP contribution in [0, 0.1) is 0 Å². The predicted molar refractivity (Wildman–Crippen MR) is 89.0 cm³/mol. The van der Waals surface area contributed by atoms with Crippen molar-refractivity contribution in [2.24, 2.45) is 0 Å². The van der Waals surface area contributed by atoms with E-state index in [1.165, 1.54) is 5.56 Å². The maximum atomic E-state index is 4.37. The van der Waals surface area contributed by atoms with Crippen molar-refractivity contribution in [3.8, 4) is 11.3 Å². The fraction of sp³-hybridized carbons (Fsp3) is 0.0625. The third-order valence-electron chi connectivity index (χ3n) is 2.87. The van der Waals surface area contributed by atoms with Crippen molar-refractivity contribution >= 4 is 27.7 Å². The molecule has 0 aliphatic rings. The summed E-state index contributed by atoms with van der Waals surface area (Å²) in [6.45, 7) is 0. The van der Waals surface area contributed by atoms with Gasteiger partial charge in [-0.15, -0.1) is 10.2 Å². The Morgan fingerprint density at radius 2 is 1.81 bits per heavy atom. The zero-order valence-corrected chi connectivity index (χ0v) is 13.5. The Hall–Kier alpha value is -1.72. The first-order chi connectivity index (χ1) is 10.3. The molecule has 0 bridgehead atoms. The van der Waals surface area contributed by atoms with Gasteiger partial charge in [0.1, 0.15) is 5.69 Å². The van der Waals surface area contributed by atoms with Crippen LogP contribution in [-0.4, -0.2) is 15.2 Å². The Labute approximate surface area is 136 Å². The number of thioether (sulfide) groups is 1. The maximum Gasteiger partial charge on any atom is 0.209 e. The largest absolute Gasteiger partial charge is 0.227 e. The summed E-state index contributed by atoms with van der Waals surface area (Å²) in [6, 6.07) is 18.2. The molecule has 5 heteroatoms. The Balaban J connectivity index is 1.68. The van der Waals surface area contributed by atoms with E-state index >= 15 is 0 Å². The first-order valence-corrected chi connectivity index (χ1v) is 8.21. The average Bonchev–Trinajstić information content (AvgIpc) is 2.54. The Morgan fingerprint density at radius 3 is 2.52 bits per heavy atom. The number of aromatic nitrogens is 3. The molecule has 1 heterocycles. The fourth-order valence-corrected chi connectivity index (χ4v) is 2.99. The molecule has 21 heavy (non-hydrogen) atoms. The van der Waals surface area contributed by atoms with Gasteiger partial charge in [-0.2, -0.15) is 0 Å². The maximum absolute atomic E-state index is 4.37. The van der Waals surface area contributed by atoms with Crippen LogP contribution in [0.5, 0.6) is 0 Å². The molecule has 104 valence electrons. The topological polar surface area (TPSA) is 38.7 Å². The monoisotopic (exact) mass is 357 g/mol. The van der Waals surface area contributed by atoms with Gasteiger partial charge in [0, 0.05) is 15.8 Å². The molecule has 2 aromatic carbocycles. The molecule has 0 unspecified atom stereocenters. The molecule has 0 N–H and O–H groups in total. The molecular formula is C16H12BrN3S. The van der Waals surface area contributed by atoms with Gasteiger partial charge in [-0.05, 0) is 17.7 Å². The molecule has 0 aliphatic heterocycles. The van der Waals surface area contributed by atoms with E-state index < -0.39 is 0 Å². The summed E-state index contributed by atoms with van der Waals surface area (Å²) < 4.78 is 1.08. The van der Waals surface area contributed by atoms with Gasteiger partial charge in [-0.1, -0.05) is 70.2 Å². The molecular weight excluding hydrogens is 346 g/mol. The summed E-state index contributed by atoms with van der Waals surface area (Å²) in [5, 5.41) is 9.11. The van der Waals surface area contributed by atoms with Gasteiger partial charge in [0.2, 0.25) is 5.16 Å². The predicted octanol–water partition coefficient (Wildman–Crippen LogP) is 4.59. The molecule has 0 amide bonds. The van der Waals surface area contributed by atoms with Gasteiger partial charge in [0.15, 0.2) is 0 Å². The second-order valence-electron chi connectivity index (χ2n) is 4.41. The van der Waals surface area contributed by atoms with E-state index in [9.17, 15) is 0 Å². The van der Waals surface area contributed by atoms with E-state index in [0.717, 1.165) is 21.5 Å². The van der Waals surface area contributed by atoms with Crippen LogP contribution < -0.4 is 0 Å². The molecule has 0 saturated carbocycles. The van der Waals surface area contributed by atoms with Gasteiger partial charge in [-0.25, -0.2) is 4.98 Å². The first kappa shape index (κ1) is 14.2. The van der Waals surface area contributed by atoms with Crippen LogP contribution in [0.3, 0.4) is 0 Å². The van der Waals surface area contributed by atoms with Crippen LogP contribution in [0.1, 0.15) is 5.56 Å². The summed E-state index contributed by atoms with van der Waals surface area (Å²) >= 11 is 5.05. The highest BCUT2D eigenvalue weighted by Crippen LogP contribution is 2.22. The minimum atomic E-state index is 0.689. The van der Waals surface area contributed by atoms with Gasteiger partial charge in [-0.3, -0.25) is 0 Å². The molecule has 0 saturated heterocycles. The van der Waals surface area contributed by atoms with Crippen molar-refractivity contribution in [2.75, 3.05) is 0 Å². The lowest BCUT2D eigenvalue weighted by Gasteiger charge is -2.02. The summed E-state index contributed by atoms with van der Waals surface area (Å²) in [6.07, 6.45) is 1.77. The van der Waals surface area contributed by atoms with Crippen molar-refractivity contribution in [1.82, 2.24) is 15.2 Å². The van der Waals surface area contributed by atoms with Crippen LogP contribution in [-0.2, 0) is 5.75 Å². The molecule has 1 aromatic heterocycles. The second kappa shape index (κ2) is 6.83. The third-order valence-corrected chi connectivity index (χ3v) is 4.28. The SMILES string of the molecule is Brc1cccc(CSc2ncc(-c3ccccc3)nn2)c1. The zero-order valence-electron chi connectivity index (χ0n) is 11.1. The quantitative estimate of drug-likeness (QED) is 0.640. The lowest BCUT2D eigenvalue weighted by atomic mass is 10.2. The summed E-state index contributed by atoms with van der Waals surface area (Å²) in [7, 11) is 0. The van der Waals surface area contributed by atoms with Crippen LogP contribution in [0.15, 0.2) is 70.4 Å². The van der Waals surface area contributed by atoms with Crippen molar-refractivity contribution in [3.05, 3.63) is 70.8 Å². The van der Waals surface area contributed by atoms with Gasteiger partial charge in [0.05, 0.1) is 6.20 Å². The van der Waals surface area contributed by atoms with Crippen molar-refractivity contribution < 1.29 is 0 Å². The van der Waals surface area contributed by atoms with Crippen molar-refractivity contribution in [1.29, 1.82) is 0 Å². The highest BCUT2D eigenvalue weighted by atomic mass is 79.9. The molecule has 3 nitrogen and oxygen atoms in total. The van der Waals surface area contributed by atoms with Crippen molar-refractivity contribution in [2.45, 2.75) is 10.9 Å². The van der Waals surface area contributed by atoms with E-state index in [0.29, 0.717) is 5.16 Å². The number of rotatable bonds is 4. The summed E-state index contributed by atoms with van der Waals surface area (Å²) in [4.78, 5) is 4.37.